The second-order valence-electron chi connectivity index (χ2n) is 5.61. The lowest BCUT2D eigenvalue weighted by molar-refractivity contribution is -0.124. The highest BCUT2D eigenvalue weighted by Crippen LogP contribution is 2.18. The minimum absolute atomic E-state index is 0.0675. The maximum atomic E-state index is 11.7. The van der Waals surface area contributed by atoms with Gasteiger partial charge in [-0.3, -0.25) is 4.79 Å². The van der Waals surface area contributed by atoms with Crippen molar-refractivity contribution in [2.45, 2.75) is 46.6 Å². The molecule has 1 aromatic rings. The Bertz CT molecular complexity index is 396. The van der Waals surface area contributed by atoms with E-state index in [9.17, 15) is 4.79 Å². The molecule has 0 saturated heterocycles. The molecule has 0 spiro atoms. The molecule has 0 heterocycles. The summed E-state index contributed by atoms with van der Waals surface area (Å²) < 4.78 is 5.47. The van der Waals surface area contributed by atoms with E-state index in [1.54, 1.807) is 0 Å². The van der Waals surface area contributed by atoms with Gasteiger partial charge in [0.05, 0.1) is 0 Å². The standard InChI is InChI=1S/C16H25NO2/c1-11(2)13(5)17-16(18)10-19-15-8-6-14(7-9-15)12(3)4/h6-9,11-13H,10H2,1-5H3,(H,17,18)/t13-/m1/s1. The zero-order valence-corrected chi connectivity index (χ0v) is 12.6. The number of amides is 1. The van der Waals surface area contributed by atoms with Gasteiger partial charge in [0.2, 0.25) is 0 Å². The lowest BCUT2D eigenvalue weighted by Crippen LogP contribution is -2.38. The first kappa shape index (κ1) is 15.5. The predicted octanol–water partition coefficient (Wildman–Crippen LogP) is 3.35. The second-order valence-corrected chi connectivity index (χ2v) is 5.61. The van der Waals surface area contributed by atoms with Gasteiger partial charge in [-0.25, -0.2) is 0 Å². The molecule has 0 aromatic heterocycles. The number of hydrogen-bond donors (Lipinski definition) is 1. The van der Waals surface area contributed by atoms with Gasteiger partial charge in [-0.1, -0.05) is 39.8 Å². The Morgan fingerprint density at radius 1 is 1.11 bits per heavy atom. The molecule has 1 atom stereocenters. The minimum Gasteiger partial charge on any atom is -0.484 e. The fourth-order valence-corrected chi connectivity index (χ4v) is 1.56. The van der Waals surface area contributed by atoms with Crippen LogP contribution in [0, 0.1) is 5.92 Å². The van der Waals surface area contributed by atoms with Crippen LogP contribution in [-0.4, -0.2) is 18.6 Å². The molecular weight excluding hydrogens is 238 g/mol. The Labute approximate surface area is 116 Å². The molecule has 106 valence electrons. The molecule has 0 aliphatic heterocycles. The first-order chi connectivity index (χ1) is 8.90. The molecule has 1 aromatic carbocycles. The summed E-state index contributed by atoms with van der Waals surface area (Å²) in [4.78, 5) is 11.7. The van der Waals surface area contributed by atoms with E-state index in [0.717, 1.165) is 5.75 Å². The Morgan fingerprint density at radius 2 is 1.68 bits per heavy atom. The smallest absolute Gasteiger partial charge is 0.258 e. The molecule has 1 N–H and O–H groups in total. The molecule has 0 aliphatic rings. The number of hydrogen-bond acceptors (Lipinski definition) is 2. The van der Waals surface area contributed by atoms with Gasteiger partial charge >= 0.3 is 0 Å². The number of carbonyl (C=O) groups excluding carboxylic acids is 1. The highest BCUT2D eigenvalue weighted by molar-refractivity contribution is 5.77. The van der Waals surface area contributed by atoms with E-state index in [-0.39, 0.29) is 18.6 Å². The summed E-state index contributed by atoms with van der Waals surface area (Å²) in [6.07, 6.45) is 0. The summed E-state index contributed by atoms with van der Waals surface area (Å²) in [5.74, 6) is 1.59. The number of rotatable bonds is 6. The van der Waals surface area contributed by atoms with Crippen LogP contribution in [-0.2, 0) is 4.79 Å². The maximum Gasteiger partial charge on any atom is 0.258 e. The first-order valence-corrected chi connectivity index (χ1v) is 6.92. The Kier molecular flexibility index (Phi) is 5.87. The zero-order chi connectivity index (χ0) is 14.4. The van der Waals surface area contributed by atoms with Crippen molar-refractivity contribution in [2.75, 3.05) is 6.61 Å². The Balaban J connectivity index is 2.42. The summed E-state index contributed by atoms with van der Waals surface area (Å²) in [6, 6.07) is 8.06. The summed E-state index contributed by atoms with van der Waals surface area (Å²) in [5, 5.41) is 2.92. The van der Waals surface area contributed by atoms with Gasteiger partial charge < -0.3 is 10.1 Å². The van der Waals surface area contributed by atoms with Gasteiger partial charge in [0.1, 0.15) is 5.75 Å². The van der Waals surface area contributed by atoms with E-state index in [1.165, 1.54) is 5.56 Å². The molecule has 0 radical (unpaired) electrons. The summed E-state index contributed by atoms with van der Waals surface area (Å²) >= 11 is 0. The lowest BCUT2D eigenvalue weighted by Gasteiger charge is -2.17. The predicted molar refractivity (Wildman–Crippen MR) is 78.5 cm³/mol. The molecule has 1 rings (SSSR count). The van der Waals surface area contributed by atoms with Crippen LogP contribution in [0.2, 0.25) is 0 Å². The van der Waals surface area contributed by atoms with E-state index in [0.29, 0.717) is 11.8 Å². The van der Waals surface area contributed by atoms with Crippen molar-refractivity contribution in [2.24, 2.45) is 5.92 Å². The van der Waals surface area contributed by atoms with Gasteiger partial charge in [-0.05, 0) is 36.5 Å². The Morgan fingerprint density at radius 3 is 2.16 bits per heavy atom. The van der Waals surface area contributed by atoms with Gasteiger partial charge in [-0.15, -0.1) is 0 Å². The van der Waals surface area contributed by atoms with Crippen molar-refractivity contribution < 1.29 is 9.53 Å². The fraction of sp³-hybridized carbons (Fsp3) is 0.562. The van der Waals surface area contributed by atoms with Crippen molar-refractivity contribution in [3.8, 4) is 5.75 Å². The van der Waals surface area contributed by atoms with Crippen molar-refractivity contribution in [3.05, 3.63) is 29.8 Å². The molecule has 0 fully saturated rings. The molecule has 3 heteroatoms. The molecule has 0 saturated carbocycles. The summed E-state index contributed by atoms with van der Waals surface area (Å²) in [6.45, 7) is 10.5. The van der Waals surface area contributed by atoms with Gasteiger partial charge in [0.15, 0.2) is 6.61 Å². The maximum absolute atomic E-state index is 11.7. The van der Waals surface area contributed by atoms with Crippen LogP contribution in [0.1, 0.15) is 46.1 Å². The SMILES string of the molecule is CC(C)c1ccc(OCC(=O)N[C@H](C)C(C)C)cc1. The average Bonchev–Trinajstić information content (AvgIpc) is 2.36. The molecule has 1 amide bonds. The van der Waals surface area contributed by atoms with Crippen LogP contribution in [0.25, 0.3) is 0 Å². The third-order valence-corrected chi connectivity index (χ3v) is 3.31. The van der Waals surface area contributed by atoms with Crippen LogP contribution in [0.3, 0.4) is 0 Å². The molecule has 19 heavy (non-hydrogen) atoms. The van der Waals surface area contributed by atoms with Crippen LogP contribution < -0.4 is 10.1 Å². The number of carbonyl (C=O) groups is 1. The van der Waals surface area contributed by atoms with Crippen molar-refractivity contribution in [1.29, 1.82) is 0 Å². The molecule has 0 unspecified atom stereocenters. The highest BCUT2D eigenvalue weighted by atomic mass is 16.5. The number of ether oxygens (including phenoxy) is 1. The second kappa shape index (κ2) is 7.17. The average molecular weight is 263 g/mol. The topological polar surface area (TPSA) is 38.3 Å². The number of benzene rings is 1. The Hall–Kier alpha value is -1.51. The third-order valence-electron chi connectivity index (χ3n) is 3.31. The van der Waals surface area contributed by atoms with Crippen LogP contribution in [0.4, 0.5) is 0 Å². The highest BCUT2D eigenvalue weighted by Gasteiger charge is 2.11. The fourth-order valence-electron chi connectivity index (χ4n) is 1.56. The van der Waals surface area contributed by atoms with Gasteiger partial charge in [0, 0.05) is 6.04 Å². The lowest BCUT2D eigenvalue weighted by atomic mass is 10.0. The van der Waals surface area contributed by atoms with E-state index in [4.69, 9.17) is 4.74 Å². The van der Waals surface area contributed by atoms with Gasteiger partial charge in [-0.2, -0.15) is 0 Å². The molecular formula is C16H25NO2. The quantitative estimate of drug-likeness (QED) is 0.854. The van der Waals surface area contributed by atoms with E-state index in [2.05, 4.69) is 33.0 Å². The largest absolute Gasteiger partial charge is 0.484 e. The van der Waals surface area contributed by atoms with E-state index >= 15 is 0 Å². The monoisotopic (exact) mass is 263 g/mol. The van der Waals surface area contributed by atoms with Crippen LogP contribution >= 0.6 is 0 Å². The van der Waals surface area contributed by atoms with Gasteiger partial charge in [0.25, 0.3) is 5.91 Å². The van der Waals surface area contributed by atoms with Crippen molar-refractivity contribution in [1.82, 2.24) is 5.32 Å². The van der Waals surface area contributed by atoms with Crippen LogP contribution in [0.15, 0.2) is 24.3 Å². The molecule has 0 bridgehead atoms. The first-order valence-electron chi connectivity index (χ1n) is 6.92. The summed E-state index contributed by atoms with van der Waals surface area (Å²) in [5.41, 5.74) is 1.27. The molecule has 3 nitrogen and oxygen atoms in total. The van der Waals surface area contributed by atoms with Crippen molar-refractivity contribution >= 4 is 5.91 Å². The third kappa shape index (κ3) is 5.33. The normalized spacial score (nSPS) is 12.6. The van der Waals surface area contributed by atoms with E-state index < -0.39 is 0 Å². The zero-order valence-electron chi connectivity index (χ0n) is 12.6. The summed E-state index contributed by atoms with van der Waals surface area (Å²) in [7, 11) is 0. The minimum atomic E-state index is -0.0749. The van der Waals surface area contributed by atoms with Crippen LogP contribution in [0.5, 0.6) is 5.75 Å². The van der Waals surface area contributed by atoms with E-state index in [1.807, 2.05) is 31.2 Å². The molecule has 0 aliphatic carbocycles. The number of nitrogens with one attached hydrogen (secondary N) is 1. The van der Waals surface area contributed by atoms with Crippen molar-refractivity contribution in [3.63, 3.8) is 0 Å².